The summed E-state index contributed by atoms with van der Waals surface area (Å²) >= 11 is 0. The maximum atomic E-state index is 13.6. The van der Waals surface area contributed by atoms with Crippen LogP contribution in [0.15, 0.2) is 18.2 Å². The van der Waals surface area contributed by atoms with Crippen LogP contribution in [0.5, 0.6) is 0 Å². The minimum atomic E-state index is -0.876. The van der Waals surface area contributed by atoms with Gasteiger partial charge in [0.15, 0.2) is 5.78 Å². The van der Waals surface area contributed by atoms with E-state index < -0.39 is 17.4 Å². The van der Waals surface area contributed by atoms with Crippen molar-refractivity contribution >= 4 is 11.7 Å². The van der Waals surface area contributed by atoms with Crippen molar-refractivity contribution < 1.29 is 18.4 Å². The van der Waals surface area contributed by atoms with Crippen molar-refractivity contribution in [2.45, 2.75) is 44.2 Å². The summed E-state index contributed by atoms with van der Waals surface area (Å²) in [6, 6.07) is 3.71. The minimum absolute atomic E-state index is 0.0561. The number of benzene rings is 1. The summed E-state index contributed by atoms with van der Waals surface area (Å²) in [6.07, 6.45) is 3.18. The second-order valence-corrected chi connectivity index (χ2v) is 6.31. The van der Waals surface area contributed by atoms with E-state index in [0.29, 0.717) is 31.2 Å². The van der Waals surface area contributed by atoms with Crippen molar-refractivity contribution in [1.82, 2.24) is 10.2 Å². The zero-order chi connectivity index (χ0) is 16.4. The summed E-state index contributed by atoms with van der Waals surface area (Å²) in [5.74, 6) is -2.14. The molecular weight excluding hydrogens is 302 g/mol. The normalized spacial score (nSPS) is 23.7. The zero-order valence-electron chi connectivity index (χ0n) is 12.9. The zero-order valence-corrected chi connectivity index (χ0v) is 12.9. The van der Waals surface area contributed by atoms with Gasteiger partial charge in [0.25, 0.3) is 0 Å². The van der Waals surface area contributed by atoms with Gasteiger partial charge in [-0.2, -0.15) is 0 Å². The molecule has 124 valence electrons. The summed E-state index contributed by atoms with van der Waals surface area (Å²) < 4.78 is 26.4. The lowest BCUT2D eigenvalue weighted by Crippen LogP contribution is -2.39. The number of ketones is 1. The van der Waals surface area contributed by atoms with Crippen molar-refractivity contribution in [2.24, 2.45) is 0 Å². The van der Waals surface area contributed by atoms with Crippen LogP contribution in [0, 0.1) is 11.6 Å². The Morgan fingerprint density at radius 3 is 2.70 bits per heavy atom. The number of rotatable bonds is 4. The number of nitrogens with one attached hydrogen (secondary N) is 1. The lowest BCUT2D eigenvalue weighted by molar-refractivity contribution is -0.131. The first-order valence-electron chi connectivity index (χ1n) is 8.05. The highest BCUT2D eigenvalue weighted by Crippen LogP contribution is 2.21. The largest absolute Gasteiger partial charge is 0.341 e. The maximum absolute atomic E-state index is 13.6. The van der Waals surface area contributed by atoms with Gasteiger partial charge in [-0.1, -0.05) is 0 Å². The number of hydrogen-bond donors (Lipinski definition) is 1. The van der Waals surface area contributed by atoms with Crippen LogP contribution in [0.4, 0.5) is 8.78 Å². The summed E-state index contributed by atoms with van der Waals surface area (Å²) in [4.78, 5) is 26.1. The van der Waals surface area contributed by atoms with Gasteiger partial charge in [0, 0.05) is 44.1 Å². The van der Waals surface area contributed by atoms with Crippen LogP contribution < -0.4 is 5.32 Å². The van der Waals surface area contributed by atoms with Crippen LogP contribution in [-0.4, -0.2) is 41.8 Å². The van der Waals surface area contributed by atoms with Gasteiger partial charge in [-0.3, -0.25) is 9.59 Å². The molecule has 6 heteroatoms. The first kappa shape index (κ1) is 16.1. The van der Waals surface area contributed by atoms with E-state index in [4.69, 9.17) is 0 Å². The van der Waals surface area contributed by atoms with E-state index in [0.717, 1.165) is 31.4 Å². The van der Waals surface area contributed by atoms with Crippen molar-refractivity contribution in [3.63, 3.8) is 0 Å². The minimum Gasteiger partial charge on any atom is -0.341 e. The quantitative estimate of drug-likeness (QED) is 0.865. The molecule has 2 atom stereocenters. The van der Waals surface area contributed by atoms with E-state index in [1.807, 2.05) is 0 Å². The highest BCUT2D eigenvalue weighted by Gasteiger charge is 2.31. The van der Waals surface area contributed by atoms with E-state index in [1.165, 1.54) is 0 Å². The number of carbonyl (C=O) groups is 2. The second-order valence-electron chi connectivity index (χ2n) is 6.31. The number of nitrogens with zero attached hydrogens (tertiary/aromatic N) is 1. The predicted molar refractivity (Wildman–Crippen MR) is 81.1 cm³/mol. The molecule has 0 radical (unpaired) electrons. The predicted octanol–water partition coefficient (Wildman–Crippen LogP) is 2.28. The van der Waals surface area contributed by atoms with Gasteiger partial charge in [-0.15, -0.1) is 0 Å². The molecular formula is C17H20F2N2O2. The molecule has 0 saturated carbocycles. The number of Topliss-reactive ketones (excluding diaryl/α,β-unsaturated/α-hetero) is 1. The molecule has 2 fully saturated rings. The smallest absolute Gasteiger partial charge is 0.223 e. The number of carbonyl (C=O) groups excluding carboxylic acids is 2. The molecule has 23 heavy (non-hydrogen) atoms. The third-order valence-corrected chi connectivity index (χ3v) is 4.67. The molecule has 2 aliphatic heterocycles. The number of halogens is 2. The first-order chi connectivity index (χ1) is 11.0. The molecule has 2 heterocycles. The lowest BCUT2D eigenvalue weighted by atomic mass is 10.0. The number of hydrogen-bond acceptors (Lipinski definition) is 3. The Morgan fingerprint density at radius 2 is 1.91 bits per heavy atom. The van der Waals surface area contributed by atoms with Crippen LogP contribution in [-0.2, 0) is 4.79 Å². The Morgan fingerprint density at radius 1 is 1.13 bits per heavy atom. The van der Waals surface area contributed by atoms with Gasteiger partial charge >= 0.3 is 0 Å². The fourth-order valence-corrected chi connectivity index (χ4v) is 3.40. The first-order valence-corrected chi connectivity index (χ1v) is 8.05. The van der Waals surface area contributed by atoms with E-state index in [9.17, 15) is 18.4 Å². The molecule has 1 aromatic carbocycles. The Labute approximate surface area is 133 Å². The Balaban J connectivity index is 1.55. The van der Waals surface area contributed by atoms with Crippen LogP contribution in [0.25, 0.3) is 0 Å². The Hall–Kier alpha value is -1.82. The van der Waals surface area contributed by atoms with E-state index >= 15 is 0 Å². The number of fused-ring (bicyclic) bond motifs is 2. The van der Waals surface area contributed by atoms with Crippen LogP contribution in [0.3, 0.4) is 0 Å². The summed E-state index contributed by atoms with van der Waals surface area (Å²) in [6.45, 7) is 1.38. The van der Waals surface area contributed by atoms with Crippen molar-refractivity contribution in [3.05, 3.63) is 35.4 Å². The molecule has 1 N–H and O–H groups in total. The van der Waals surface area contributed by atoms with Crippen LogP contribution in [0.1, 0.15) is 42.5 Å². The Bertz CT molecular complexity index is 621. The van der Waals surface area contributed by atoms with Gasteiger partial charge in [0.05, 0.1) is 5.56 Å². The topological polar surface area (TPSA) is 49.4 Å². The van der Waals surface area contributed by atoms with Crippen LogP contribution >= 0.6 is 0 Å². The standard InChI is InChI=1S/C17H20F2N2O2/c18-11-1-4-14(15(19)9-11)16(22)5-6-17(23)21-8-7-12-2-3-13(10-21)20-12/h1,4,9,12-13,20H,2-3,5-8,10H2. The molecule has 2 bridgehead atoms. The molecule has 2 aliphatic rings. The molecule has 1 aromatic rings. The third kappa shape index (κ3) is 3.75. The van der Waals surface area contributed by atoms with Crippen molar-refractivity contribution in [1.29, 1.82) is 0 Å². The Kier molecular flexibility index (Phi) is 4.71. The molecule has 0 spiro atoms. The number of likely N-dealkylation sites (tertiary alicyclic amines) is 1. The van der Waals surface area contributed by atoms with Gasteiger partial charge < -0.3 is 10.2 Å². The highest BCUT2D eigenvalue weighted by atomic mass is 19.1. The van der Waals surface area contributed by atoms with Gasteiger partial charge in [-0.05, 0) is 31.4 Å². The monoisotopic (exact) mass is 322 g/mol. The average Bonchev–Trinajstić information content (AvgIpc) is 2.83. The maximum Gasteiger partial charge on any atom is 0.223 e. The molecule has 3 rings (SSSR count). The third-order valence-electron chi connectivity index (χ3n) is 4.67. The highest BCUT2D eigenvalue weighted by molar-refractivity contribution is 5.98. The van der Waals surface area contributed by atoms with Gasteiger partial charge in [0.2, 0.25) is 5.91 Å². The van der Waals surface area contributed by atoms with Gasteiger partial charge in [-0.25, -0.2) is 8.78 Å². The number of amides is 1. The van der Waals surface area contributed by atoms with Crippen molar-refractivity contribution in [3.8, 4) is 0 Å². The second kappa shape index (κ2) is 6.74. The van der Waals surface area contributed by atoms with E-state index in [2.05, 4.69) is 5.32 Å². The molecule has 1 amide bonds. The summed E-state index contributed by atoms with van der Waals surface area (Å²) in [5, 5.41) is 3.50. The molecule has 0 aliphatic carbocycles. The SMILES string of the molecule is O=C(CCC(=O)N1CCC2CCC(C1)N2)c1ccc(F)cc1F. The molecule has 0 aromatic heterocycles. The summed E-state index contributed by atoms with van der Waals surface area (Å²) in [7, 11) is 0. The average molecular weight is 322 g/mol. The summed E-state index contributed by atoms with van der Waals surface area (Å²) in [5.41, 5.74) is -0.157. The molecule has 2 unspecified atom stereocenters. The van der Waals surface area contributed by atoms with E-state index in [-0.39, 0.29) is 24.3 Å². The molecule has 4 nitrogen and oxygen atoms in total. The van der Waals surface area contributed by atoms with E-state index in [1.54, 1.807) is 4.90 Å². The fourth-order valence-electron chi connectivity index (χ4n) is 3.40. The van der Waals surface area contributed by atoms with Crippen LogP contribution in [0.2, 0.25) is 0 Å². The van der Waals surface area contributed by atoms with Crippen molar-refractivity contribution in [2.75, 3.05) is 13.1 Å². The van der Waals surface area contributed by atoms with Gasteiger partial charge in [0.1, 0.15) is 11.6 Å². The molecule has 2 saturated heterocycles. The fraction of sp³-hybridized carbons (Fsp3) is 0.529. The lowest BCUT2D eigenvalue weighted by Gasteiger charge is -2.24.